The van der Waals surface area contributed by atoms with E-state index in [-0.39, 0.29) is 5.91 Å². The normalized spacial score (nSPS) is 11.6. The van der Waals surface area contributed by atoms with Gasteiger partial charge >= 0.3 is 0 Å². The fraction of sp³-hybridized carbons (Fsp3) is 0.222. The van der Waals surface area contributed by atoms with Crippen molar-refractivity contribution in [2.45, 2.75) is 12.3 Å². The maximum atomic E-state index is 12.9. The number of hydrogen-bond acceptors (Lipinski definition) is 6. The summed E-state index contributed by atoms with van der Waals surface area (Å²) < 4.78 is 10.6. The molecular formula is C18H19N5O3. The molecule has 1 unspecified atom stereocenters. The highest BCUT2D eigenvalue weighted by atomic mass is 16.5. The van der Waals surface area contributed by atoms with Crippen LogP contribution in [0.15, 0.2) is 48.5 Å². The SMILES string of the molecule is COc1cccc(NC(=O)C(Cc2ccccc2OC)c2nn[nH]n2)c1. The van der Waals surface area contributed by atoms with E-state index >= 15 is 0 Å². The minimum Gasteiger partial charge on any atom is -0.497 e. The average molecular weight is 353 g/mol. The van der Waals surface area contributed by atoms with E-state index in [4.69, 9.17) is 9.47 Å². The first kappa shape index (κ1) is 17.4. The molecule has 3 aromatic rings. The predicted octanol–water partition coefficient (Wildman–Crippen LogP) is 2.18. The Labute approximate surface area is 150 Å². The van der Waals surface area contributed by atoms with Crippen LogP contribution in [0.3, 0.4) is 0 Å². The molecule has 0 saturated carbocycles. The first-order valence-electron chi connectivity index (χ1n) is 8.01. The second-order valence-electron chi connectivity index (χ2n) is 5.56. The molecule has 0 bridgehead atoms. The van der Waals surface area contributed by atoms with E-state index in [2.05, 4.69) is 25.9 Å². The Morgan fingerprint density at radius 2 is 2.00 bits per heavy atom. The molecule has 8 nitrogen and oxygen atoms in total. The zero-order chi connectivity index (χ0) is 18.4. The molecule has 1 atom stereocenters. The summed E-state index contributed by atoms with van der Waals surface area (Å²) >= 11 is 0. The van der Waals surface area contributed by atoms with Crippen molar-refractivity contribution < 1.29 is 14.3 Å². The molecule has 0 spiro atoms. The third kappa shape index (κ3) is 3.97. The number of anilines is 1. The van der Waals surface area contributed by atoms with E-state index in [1.165, 1.54) is 0 Å². The zero-order valence-electron chi connectivity index (χ0n) is 14.5. The number of amides is 1. The van der Waals surface area contributed by atoms with Crippen molar-refractivity contribution in [1.29, 1.82) is 0 Å². The monoisotopic (exact) mass is 353 g/mol. The Kier molecular flexibility index (Phi) is 5.43. The van der Waals surface area contributed by atoms with E-state index in [0.717, 1.165) is 5.56 Å². The van der Waals surface area contributed by atoms with Crippen molar-refractivity contribution in [3.63, 3.8) is 0 Å². The number of nitrogens with zero attached hydrogens (tertiary/aromatic N) is 3. The molecule has 0 saturated heterocycles. The van der Waals surface area contributed by atoms with Crippen molar-refractivity contribution >= 4 is 11.6 Å². The molecular weight excluding hydrogens is 334 g/mol. The summed E-state index contributed by atoms with van der Waals surface area (Å²) in [6.45, 7) is 0. The number of tetrazole rings is 1. The topological polar surface area (TPSA) is 102 Å². The molecule has 0 aliphatic heterocycles. The number of aromatic nitrogens is 4. The van der Waals surface area contributed by atoms with Gasteiger partial charge in [0.05, 0.1) is 14.2 Å². The van der Waals surface area contributed by atoms with Crippen molar-refractivity contribution in [2.75, 3.05) is 19.5 Å². The summed E-state index contributed by atoms with van der Waals surface area (Å²) in [5, 5.41) is 16.8. The third-order valence-corrected chi connectivity index (χ3v) is 3.94. The molecule has 8 heteroatoms. The van der Waals surface area contributed by atoms with Gasteiger partial charge in [0.2, 0.25) is 5.91 Å². The lowest BCUT2D eigenvalue weighted by molar-refractivity contribution is -0.117. The number of hydrogen-bond donors (Lipinski definition) is 2. The molecule has 0 aliphatic carbocycles. The number of H-pyrrole nitrogens is 1. The zero-order valence-corrected chi connectivity index (χ0v) is 14.5. The van der Waals surface area contributed by atoms with E-state index in [1.54, 1.807) is 38.5 Å². The Hall–Kier alpha value is -3.42. The summed E-state index contributed by atoms with van der Waals surface area (Å²) in [4.78, 5) is 12.9. The van der Waals surface area contributed by atoms with Crippen LogP contribution in [-0.4, -0.2) is 40.8 Å². The lowest BCUT2D eigenvalue weighted by Crippen LogP contribution is -2.24. The highest BCUT2D eigenvalue weighted by Crippen LogP contribution is 2.26. The van der Waals surface area contributed by atoms with E-state index in [0.29, 0.717) is 29.4 Å². The second kappa shape index (κ2) is 8.11. The van der Waals surface area contributed by atoms with E-state index < -0.39 is 5.92 Å². The molecule has 2 N–H and O–H groups in total. The number of methoxy groups -OCH3 is 2. The Morgan fingerprint density at radius 1 is 1.15 bits per heavy atom. The standard InChI is InChI=1S/C18H19N5O3/c1-25-14-8-5-7-13(11-14)19-18(24)15(17-20-22-23-21-17)10-12-6-3-4-9-16(12)26-2/h3-9,11,15H,10H2,1-2H3,(H,19,24)(H,20,21,22,23). The van der Waals surface area contributed by atoms with Crippen LogP contribution in [0.4, 0.5) is 5.69 Å². The number of nitrogens with one attached hydrogen (secondary N) is 2. The van der Waals surface area contributed by atoms with Crippen LogP contribution in [0, 0.1) is 0 Å². The van der Waals surface area contributed by atoms with Gasteiger partial charge in [-0.25, -0.2) is 0 Å². The number of para-hydroxylation sites is 1. The highest BCUT2D eigenvalue weighted by molar-refractivity contribution is 5.95. The number of carbonyl (C=O) groups excluding carboxylic acids is 1. The quantitative estimate of drug-likeness (QED) is 0.675. The van der Waals surface area contributed by atoms with Crippen LogP contribution in [0.25, 0.3) is 0 Å². The van der Waals surface area contributed by atoms with Gasteiger partial charge in [-0.3, -0.25) is 4.79 Å². The largest absolute Gasteiger partial charge is 0.497 e. The molecule has 0 fully saturated rings. The van der Waals surface area contributed by atoms with Gasteiger partial charge in [-0.15, -0.1) is 10.2 Å². The first-order valence-corrected chi connectivity index (χ1v) is 8.01. The van der Waals surface area contributed by atoms with Gasteiger partial charge < -0.3 is 14.8 Å². The lowest BCUT2D eigenvalue weighted by atomic mass is 9.97. The molecule has 3 rings (SSSR count). The maximum Gasteiger partial charge on any atom is 0.235 e. The number of carbonyl (C=O) groups is 1. The molecule has 134 valence electrons. The number of aromatic amines is 1. The molecule has 2 aromatic carbocycles. The van der Waals surface area contributed by atoms with Crippen LogP contribution in [0.2, 0.25) is 0 Å². The van der Waals surface area contributed by atoms with Crippen molar-refractivity contribution in [2.24, 2.45) is 0 Å². The summed E-state index contributed by atoms with van der Waals surface area (Å²) in [5.74, 6) is 0.803. The smallest absolute Gasteiger partial charge is 0.235 e. The van der Waals surface area contributed by atoms with Gasteiger partial charge in [-0.1, -0.05) is 29.5 Å². The minimum atomic E-state index is -0.628. The number of benzene rings is 2. The van der Waals surface area contributed by atoms with E-state index in [1.807, 2.05) is 24.3 Å². The van der Waals surface area contributed by atoms with Gasteiger partial charge in [0.15, 0.2) is 5.82 Å². The maximum absolute atomic E-state index is 12.9. The molecule has 1 aromatic heterocycles. The summed E-state index contributed by atoms with van der Waals surface area (Å²) in [5.41, 5.74) is 1.51. The highest BCUT2D eigenvalue weighted by Gasteiger charge is 2.26. The fourth-order valence-corrected chi connectivity index (χ4v) is 2.64. The Balaban J connectivity index is 1.85. The summed E-state index contributed by atoms with van der Waals surface area (Å²) in [6.07, 6.45) is 0.374. The second-order valence-corrected chi connectivity index (χ2v) is 5.56. The Bertz CT molecular complexity index is 867. The minimum absolute atomic E-state index is 0.245. The van der Waals surface area contributed by atoms with Crippen LogP contribution in [0.1, 0.15) is 17.3 Å². The molecule has 1 amide bonds. The molecule has 0 aliphatic rings. The van der Waals surface area contributed by atoms with Crippen molar-refractivity contribution in [3.8, 4) is 11.5 Å². The van der Waals surface area contributed by atoms with Gasteiger partial charge in [0, 0.05) is 11.8 Å². The third-order valence-electron chi connectivity index (χ3n) is 3.94. The lowest BCUT2D eigenvalue weighted by Gasteiger charge is -2.16. The molecule has 0 radical (unpaired) electrons. The number of rotatable bonds is 7. The van der Waals surface area contributed by atoms with Crippen LogP contribution < -0.4 is 14.8 Å². The van der Waals surface area contributed by atoms with Gasteiger partial charge in [-0.2, -0.15) is 5.21 Å². The van der Waals surface area contributed by atoms with Crippen LogP contribution in [-0.2, 0) is 11.2 Å². The van der Waals surface area contributed by atoms with Gasteiger partial charge in [0.25, 0.3) is 0 Å². The average Bonchev–Trinajstić information content (AvgIpc) is 3.20. The van der Waals surface area contributed by atoms with Crippen LogP contribution >= 0.6 is 0 Å². The summed E-state index contributed by atoms with van der Waals surface area (Å²) in [7, 11) is 3.17. The first-order chi connectivity index (χ1) is 12.7. The van der Waals surface area contributed by atoms with Crippen molar-refractivity contribution in [1.82, 2.24) is 20.6 Å². The van der Waals surface area contributed by atoms with Crippen molar-refractivity contribution in [3.05, 3.63) is 59.9 Å². The van der Waals surface area contributed by atoms with Crippen LogP contribution in [0.5, 0.6) is 11.5 Å². The molecule has 26 heavy (non-hydrogen) atoms. The van der Waals surface area contributed by atoms with Gasteiger partial charge in [0.1, 0.15) is 17.4 Å². The number of ether oxygens (including phenoxy) is 2. The molecule has 1 heterocycles. The predicted molar refractivity (Wildman–Crippen MR) is 95.2 cm³/mol. The summed E-state index contributed by atoms with van der Waals surface area (Å²) in [6, 6.07) is 14.7. The fourth-order valence-electron chi connectivity index (χ4n) is 2.64. The Morgan fingerprint density at radius 3 is 2.73 bits per heavy atom. The van der Waals surface area contributed by atoms with Gasteiger partial charge in [-0.05, 0) is 30.2 Å². The van der Waals surface area contributed by atoms with E-state index in [9.17, 15) is 4.79 Å².